The van der Waals surface area contributed by atoms with Gasteiger partial charge < -0.3 is 9.22 Å². The number of rotatable bonds is 2. The second-order valence-corrected chi connectivity index (χ2v) is 7.38. The predicted octanol–water partition coefficient (Wildman–Crippen LogP) is 3.18. The van der Waals surface area contributed by atoms with Crippen LogP contribution in [0.2, 0.25) is 0 Å². The zero-order valence-electron chi connectivity index (χ0n) is 13.6. The summed E-state index contributed by atoms with van der Waals surface area (Å²) in [5.74, 6) is -0.124. The molecule has 1 aliphatic rings. The first-order valence-electron chi connectivity index (χ1n) is 7.57. The molecule has 114 valence electrons. The Kier molecular flexibility index (Phi) is 4.16. The Balaban J connectivity index is 2.34. The summed E-state index contributed by atoms with van der Waals surface area (Å²) in [7, 11) is 8.19. The van der Waals surface area contributed by atoms with Gasteiger partial charge in [-0.1, -0.05) is 30.3 Å². The van der Waals surface area contributed by atoms with Crippen LogP contribution in [0.25, 0.3) is 0 Å². The molecular formula is C18H26NO2+. The van der Waals surface area contributed by atoms with E-state index >= 15 is 0 Å². The van der Waals surface area contributed by atoms with Crippen molar-refractivity contribution in [1.82, 2.24) is 0 Å². The molecule has 0 bridgehead atoms. The average molecular weight is 288 g/mol. The number of likely N-dealkylation sites (tertiary alicyclic amines) is 1. The zero-order chi connectivity index (χ0) is 15.7. The van der Waals surface area contributed by atoms with Gasteiger partial charge in [-0.25, -0.2) is 0 Å². The molecule has 0 saturated carbocycles. The van der Waals surface area contributed by atoms with Gasteiger partial charge in [-0.2, -0.15) is 0 Å². The molecule has 0 atom stereocenters. The minimum absolute atomic E-state index is 0.124. The molecule has 1 fully saturated rings. The largest absolute Gasteiger partial charge is 0.459 e. The van der Waals surface area contributed by atoms with E-state index in [4.69, 9.17) is 11.8 Å². The molecule has 2 rings (SSSR count). The maximum absolute atomic E-state index is 12.9. The number of hydrogen-bond donors (Lipinski definition) is 0. The van der Waals surface area contributed by atoms with Gasteiger partial charge in [0.1, 0.15) is 11.0 Å². The third kappa shape index (κ3) is 3.65. The van der Waals surface area contributed by atoms with E-state index in [1.165, 1.54) is 0 Å². The molecule has 2 radical (unpaired) electrons. The normalized spacial score (nSPS) is 20.8. The Morgan fingerprint density at radius 1 is 1.19 bits per heavy atom. The first-order valence-corrected chi connectivity index (χ1v) is 7.57. The highest BCUT2D eigenvalue weighted by atomic mass is 16.6. The van der Waals surface area contributed by atoms with Crippen LogP contribution in [0.4, 0.5) is 0 Å². The van der Waals surface area contributed by atoms with E-state index < -0.39 is 11.0 Å². The lowest BCUT2D eigenvalue weighted by molar-refractivity contribution is -0.872. The summed E-state index contributed by atoms with van der Waals surface area (Å²) in [4.78, 5) is 12.9. The topological polar surface area (TPSA) is 26.3 Å². The fourth-order valence-corrected chi connectivity index (χ4v) is 2.87. The first-order chi connectivity index (χ1) is 9.65. The molecule has 0 amide bonds. The number of hydrogen-bond acceptors (Lipinski definition) is 2. The number of esters is 1. The highest BCUT2D eigenvalue weighted by Crippen LogP contribution is 2.39. The molecule has 21 heavy (non-hydrogen) atoms. The van der Waals surface area contributed by atoms with E-state index in [2.05, 4.69) is 0 Å². The molecule has 1 aliphatic heterocycles. The van der Waals surface area contributed by atoms with E-state index in [1.807, 2.05) is 58.2 Å². The van der Waals surface area contributed by atoms with Crippen molar-refractivity contribution < 1.29 is 14.0 Å². The Morgan fingerprint density at radius 3 is 2.19 bits per heavy atom. The number of quaternary nitrogens is 1. The molecule has 0 spiro atoms. The average Bonchev–Trinajstić information content (AvgIpc) is 2.38. The Hall–Kier alpha value is -1.35. The molecule has 1 aromatic carbocycles. The summed E-state index contributed by atoms with van der Waals surface area (Å²) in [5, 5.41) is 0. The van der Waals surface area contributed by atoms with E-state index in [-0.39, 0.29) is 5.97 Å². The number of ether oxygens (including phenoxy) is 1. The number of carbonyl (C=O) groups excluding carboxylic acids is 1. The fourth-order valence-electron chi connectivity index (χ4n) is 2.87. The minimum atomic E-state index is -0.564. The molecule has 1 aromatic rings. The summed E-state index contributed by atoms with van der Waals surface area (Å²) in [6.45, 7) is 7.28. The lowest BCUT2D eigenvalue weighted by Crippen LogP contribution is -2.54. The van der Waals surface area contributed by atoms with E-state index in [1.54, 1.807) is 0 Å². The van der Waals surface area contributed by atoms with Crippen LogP contribution < -0.4 is 0 Å². The van der Waals surface area contributed by atoms with Crippen LogP contribution in [0.15, 0.2) is 30.3 Å². The number of carbonyl (C=O) groups is 1. The molecule has 0 N–H and O–H groups in total. The van der Waals surface area contributed by atoms with Crippen LogP contribution in [0.5, 0.6) is 0 Å². The summed E-state index contributed by atoms with van der Waals surface area (Å²) >= 11 is 0. The van der Waals surface area contributed by atoms with Crippen molar-refractivity contribution in [3.63, 3.8) is 0 Å². The standard InChI is InChI=1S/C18H26NO2/c1-17(2,3)21-16(20)18(15-9-7-6-8-10-15)11-13-19(4,5)14-12-18/h4,6-10H,11-14H2,1-3,5H3/q+1. The predicted molar refractivity (Wildman–Crippen MR) is 83.4 cm³/mol. The molecule has 1 saturated heterocycles. The van der Waals surface area contributed by atoms with Crippen LogP contribution in [0, 0.1) is 7.05 Å². The number of piperidine rings is 1. The van der Waals surface area contributed by atoms with Gasteiger partial charge in [0.2, 0.25) is 7.05 Å². The molecule has 0 aliphatic carbocycles. The third-order valence-electron chi connectivity index (χ3n) is 4.21. The lowest BCUT2D eigenvalue weighted by atomic mass is 9.72. The van der Waals surface area contributed by atoms with Crippen molar-refractivity contribution >= 4 is 5.97 Å². The second-order valence-electron chi connectivity index (χ2n) is 7.38. The van der Waals surface area contributed by atoms with Gasteiger partial charge >= 0.3 is 5.97 Å². The number of nitrogens with zero attached hydrogens (tertiary/aromatic N) is 1. The summed E-state index contributed by atoms with van der Waals surface area (Å²) in [6, 6.07) is 9.98. The molecule has 0 unspecified atom stereocenters. The van der Waals surface area contributed by atoms with Gasteiger partial charge in [0.15, 0.2) is 0 Å². The SMILES string of the molecule is [CH][N+]1(C)CCC(C(=O)OC(C)(C)C)(c2ccccc2)CC1. The van der Waals surface area contributed by atoms with Crippen molar-refractivity contribution in [2.45, 2.75) is 44.6 Å². The van der Waals surface area contributed by atoms with Crippen LogP contribution in [0.3, 0.4) is 0 Å². The molecular weight excluding hydrogens is 262 g/mol. The first kappa shape index (κ1) is 16.0. The van der Waals surface area contributed by atoms with Crippen molar-refractivity contribution in [2.24, 2.45) is 0 Å². The van der Waals surface area contributed by atoms with Crippen LogP contribution in [-0.4, -0.2) is 36.2 Å². The van der Waals surface area contributed by atoms with Crippen molar-refractivity contribution in [3.8, 4) is 0 Å². The van der Waals surface area contributed by atoms with Crippen molar-refractivity contribution in [2.75, 3.05) is 20.1 Å². The van der Waals surface area contributed by atoms with E-state index in [0.29, 0.717) is 4.48 Å². The highest BCUT2D eigenvalue weighted by molar-refractivity contribution is 5.83. The third-order valence-corrected chi connectivity index (χ3v) is 4.21. The summed E-state index contributed by atoms with van der Waals surface area (Å²) in [6.07, 6.45) is 1.44. The molecule has 1 heterocycles. The number of benzene rings is 1. The Morgan fingerprint density at radius 2 is 1.71 bits per heavy atom. The Labute approximate surface area is 128 Å². The van der Waals surface area contributed by atoms with Crippen molar-refractivity contribution in [3.05, 3.63) is 42.9 Å². The van der Waals surface area contributed by atoms with E-state index in [9.17, 15) is 4.79 Å². The van der Waals surface area contributed by atoms with Gasteiger partial charge in [0.25, 0.3) is 0 Å². The highest BCUT2D eigenvalue weighted by Gasteiger charge is 2.48. The van der Waals surface area contributed by atoms with Gasteiger partial charge in [-0.05, 0) is 26.3 Å². The van der Waals surface area contributed by atoms with Gasteiger partial charge in [-0.15, -0.1) is 0 Å². The minimum Gasteiger partial charge on any atom is -0.459 e. The van der Waals surface area contributed by atoms with E-state index in [0.717, 1.165) is 31.5 Å². The maximum Gasteiger partial charge on any atom is 0.317 e. The maximum atomic E-state index is 12.9. The molecule has 0 aromatic heterocycles. The summed E-state index contributed by atoms with van der Waals surface area (Å²) in [5.41, 5.74) is 0.00186. The quantitative estimate of drug-likeness (QED) is 0.617. The Bertz CT molecular complexity index is 490. The monoisotopic (exact) mass is 288 g/mol. The van der Waals surface area contributed by atoms with Crippen LogP contribution >= 0.6 is 0 Å². The second kappa shape index (κ2) is 5.45. The van der Waals surface area contributed by atoms with Crippen LogP contribution in [-0.2, 0) is 14.9 Å². The molecule has 3 heteroatoms. The lowest BCUT2D eigenvalue weighted by Gasteiger charge is -2.43. The zero-order valence-corrected chi connectivity index (χ0v) is 13.6. The summed E-state index contributed by atoms with van der Waals surface area (Å²) < 4.78 is 6.19. The smallest absolute Gasteiger partial charge is 0.317 e. The fraction of sp³-hybridized carbons (Fsp3) is 0.556. The van der Waals surface area contributed by atoms with Gasteiger partial charge in [0.05, 0.1) is 20.1 Å². The van der Waals surface area contributed by atoms with Crippen molar-refractivity contribution in [1.29, 1.82) is 0 Å². The van der Waals surface area contributed by atoms with Crippen LogP contribution in [0.1, 0.15) is 39.2 Å². The molecule has 3 nitrogen and oxygen atoms in total. The van der Waals surface area contributed by atoms with Gasteiger partial charge in [0, 0.05) is 12.8 Å². The van der Waals surface area contributed by atoms with Gasteiger partial charge in [-0.3, -0.25) is 4.79 Å².